The second-order valence-electron chi connectivity index (χ2n) is 6.35. The number of aryl methyl sites for hydroxylation is 2. The number of carbonyl (C=O) groups excluding carboxylic acids is 1. The van der Waals surface area contributed by atoms with E-state index in [2.05, 4.69) is 10.4 Å². The van der Waals surface area contributed by atoms with Crippen LogP contribution in [0.1, 0.15) is 16.3 Å². The van der Waals surface area contributed by atoms with Gasteiger partial charge < -0.3 is 5.32 Å². The molecule has 1 aromatic carbocycles. The summed E-state index contributed by atoms with van der Waals surface area (Å²) in [6.07, 6.45) is 0. The number of carbonyl (C=O) groups is 1. The molecule has 0 spiro atoms. The maximum atomic E-state index is 13.6. The minimum Gasteiger partial charge on any atom is -0.350 e. The van der Waals surface area contributed by atoms with E-state index in [4.69, 9.17) is 0 Å². The third kappa shape index (κ3) is 3.12. The number of fused-ring (bicyclic) bond motifs is 3. The molecule has 0 aliphatic rings. The van der Waals surface area contributed by atoms with Crippen molar-refractivity contribution in [3.05, 3.63) is 68.8 Å². The Labute approximate surface area is 157 Å². The Balaban J connectivity index is 1.60. The summed E-state index contributed by atoms with van der Waals surface area (Å²) in [5.74, 6) is -0.158. The highest BCUT2D eigenvalue weighted by molar-refractivity contribution is 7.19. The molecule has 138 valence electrons. The molecule has 0 bridgehead atoms. The number of nitrogens with one attached hydrogen (secondary N) is 1. The molecule has 3 heterocycles. The predicted octanol–water partition coefficient (Wildman–Crippen LogP) is 2.78. The lowest BCUT2D eigenvalue weighted by Gasteiger charge is -2.09. The molecule has 0 unspecified atom stereocenters. The van der Waals surface area contributed by atoms with Crippen LogP contribution in [0.3, 0.4) is 0 Å². The summed E-state index contributed by atoms with van der Waals surface area (Å²) in [7, 11) is 0. The molecule has 0 saturated carbocycles. The van der Waals surface area contributed by atoms with Crippen molar-refractivity contribution in [1.29, 1.82) is 0 Å². The molecule has 1 amide bonds. The van der Waals surface area contributed by atoms with Gasteiger partial charge in [0.1, 0.15) is 23.7 Å². The molecule has 0 radical (unpaired) electrons. The van der Waals surface area contributed by atoms with Crippen molar-refractivity contribution in [2.75, 3.05) is 0 Å². The van der Waals surface area contributed by atoms with E-state index in [1.54, 1.807) is 36.5 Å². The van der Waals surface area contributed by atoms with Gasteiger partial charge in [0, 0.05) is 17.0 Å². The molecule has 6 nitrogen and oxygen atoms in total. The minimum atomic E-state index is -0.402. The topological polar surface area (TPSA) is 68.4 Å². The van der Waals surface area contributed by atoms with Crippen LogP contribution in [0.4, 0.5) is 4.39 Å². The number of amides is 1. The average molecular weight is 384 g/mol. The van der Waals surface area contributed by atoms with Crippen LogP contribution in [0.2, 0.25) is 0 Å². The Morgan fingerprint density at radius 1 is 1.22 bits per heavy atom. The van der Waals surface area contributed by atoms with Crippen molar-refractivity contribution in [1.82, 2.24) is 19.5 Å². The van der Waals surface area contributed by atoms with Gasteiger partial charge in [0.05, 0.1) is 10.2 Å². The number of halogens is 1. The quantitative estimate of drug-likeness (QED) is 0.588. The number of aromatic nitrogens is 3. The molecule has 4 aromatic rings. The normalized spacial score (nSPS) is 11.4. The zero-order valence-electron chi connectivity index (χ0n) is 14.8. The van der Waals surface area contributed by atoms with Gasteiger partial charge in [0.25, 0.3) is 5.56 Å². The number of hydrogen-bond acceptors (Lipinski definition) is 4. The van der Waals surface area contributed by atoms with Crippen LogP contribution in [0.5, 0.6) is 0 Å². The highest BCUT2D eigenvalue weighted by Gasteiger charge is 2.15. The van der Waals surface area contributed by atoms with Crippen LogP contribution < -0.4 is 10.9 Å². The van der Waals surface area contributed by atoms with Crippen molar-refractivity contribution in [2.24, 2.45) is 0 Å². The number of thiophene rings is 1. The van der Waals surface area contributed by atoms with Crippen LogP contribution in [-0.2, 0) is 17.9 Å². The number of benzene rings is 1. The lowest BCUT2D eigenvalue weighted by Crippen LogP contribution is -2.34. The van der Waals surface area contributed by atoms with E-state index < -0.39 is 5.91 Å². The van der Waals surface area contributed by atoms with Gasteiger partial charge in [-0.25, -0.2) is 9.07 Å². The van der Waals surface area contributed by atoms with E-state index in [1.807, 2.05) is 23.5 Å². The van der Waals surface area contributed by atoms with Crippen molar-refractivity contribution in [3.63, 3.8) is 0 Å². The van der Waals surface area contributed by atoms with Gasteiger partial charge in [0.15, 0.2) is 0 Å². The van der Waals surface area contributed by atoms with Crippen LogP contribution in [0.25, 0.3) is 15.7 Å². The smallest absolute Gasteiger partial charge is 0.291 e. The Morgan fingerprint density at radius 3 is 2.78 bits per heavy atom. The number of rotatable bonds is 4. The monoisotopic (exact) mass is 384 g/mol. The molecular formula is C19H17FN4O2S. The van der Waals surface area contributed by atoms with Crippen molar-refractivity contribution < 1.29 is 9.18 Å². The summed E-state index contributed by atoms with van der Waals surface area (Å²) in [5, 5.41) is 6.91. The lowest BCUT2D eigenvalue weighted by molar-refractivity contribution is -0.122. The Kier molecular flexibility index (Phi) is 4.27. The van der Waals surface area contributed by atoms with Crippen LogP contribution in [0.15, 0.2) is 41.2 Å². The van der Waals surface area contributed by atoms with Gasteiger partial charge in [-0.2, -0.15) is 5.10 Å². The summed E-state index contributed by atoms with van der Waals surface area (Å²) in [4.78, 5) is 26.1. The summed E-state index contributed by atoms with van der Waals surface area (Å²) < 4.78 is 17.6. The van der Waals surface area contributed by atoms with E-state index in [-0.39, 0.29) is 24.5 Å². The van der Waals surface area contributed by atoms with Crippen LogP contribution >= 0.6 is 11.3 Å². The van der Waals surface area contributed by atoms with Gasteiger partial charge in [-0.1, -0.05) is 18.2 Å². The van der Waals surface area contributed by atoms with Gasteiger partial charge in [-0.05, 0) is 32.0 Å². The largest absolute Gasteiger partial charge is 0.350 e. The van der Waals surface area contributed by atoms with Crippen molar-refractivity contribution in [3.8, 4) is 0 Å². The molecule has 3 aromatic heterocycles. The zero-order valence-corrected chi connectivity index (χ0v) is 15.6. The molecule has 0 saturated heterocycles. The first-order chi connectivity index (χ1) is 12.9. The first-order valence-corrected chi connectivity index (χ1v) is 9.25. The summed E-state index contributed by atoms with van der Waals surface area (Å²) in [5.41, 5.74) is 1.50. The maximum absolute atomic E-state index is 13.6. The highest BCUT2D eigenvalue weighted by Crippen LogP contribution is 2.27. The SMILES string of the molecule is Cc1cc2c(cc3c(=O)n(CC(=O)NCc4ccccc4F)nc(C)n32)s1. The molecule has 0 fully saturated rings. The molecule has 4 rings (SSSR count). The van der Waals surface area contributed by atoms with E-state index in [0.717, 1.165) is 19.8 Å². The summed E-state index contributed by atoms with van der Waals surface area (Å²) >= 11 is 1.61. The lowest BCUT2D eigenvalue weighted by atomic mass is 10.2. The Morgan fingerprint density at radius 2 is 2.00 bits per heavy atom. The molecule has 0 atom stereocenters. The molecule has 0 aliphatic carbocycles. The predicted molar refractivity (Wildman–Crippen MR) is 103 cm³/mol. The summed E-state index contributed by atoms with van der Waals surface area (Å²) in [6, 6.07) is 10.1. The zero-order chi connectivity index (χ0) is 19.1. The fourth-order valence-corrected chi connectivity index (χ4v) is 4.10. The van der Waals surface area contributed by atoms with Gasteiger partial charge >= 0.3 is 0 Å². The third-order valence-corrected chi connectivity index (χ3v) is 5.37. The average Bonchev–Trinajstić information content (AvgIpc) is 3.15. The van der Waals surface area contributed by atoms with Gasteiger partial charge in [-0.15, -0.1) is 11.3 Å². The molecule has 0 aliphatic heterocycles. The van der Waals surface area contributed by atoms with Crippen LogP contribution in [0, 0.1) is 19.7 Å². The molecular weight excluding hydrogens is 367 g/mol. The second-order valence-corrected chi connectivity index (χ2v) is 7.64. The molecule has 1 N–H and O–H groups in total. The van der Waals surface area contributed by atoms with Gasteiger partial charge in [0.2, 0.25) is 5.91 Å². The van der Waals surface area contributed by atoms with E-state index in [1.165, 1.54) is 6.07 Å². The van der Waals surface area contributed by atoms with Crippen LogP contribution in [-0.4, -0.2) is 20.1 Å². The Hall–Kier alpha value is -3.00. The molecule has 8 heteroatoms. The second kappa shape index (κ2) is 6.62. The fraction of sp³-hybridized carbons (Fsp3) is 0.211. The first-order valence-electron chi connectivity index (χ1n) is 8.43. The Bertz CT molecular complexity index is 1240. The summed E-state index contributed by atoms with van der Waals surface area (Å²) in [6.45, 7) is 3.65. The van der Waals surface area contributed by atoms with E-state index in [0.29, 0.717) is 16.9 Å². The fourth-order valence-electron chi connectivity index (χ4n) is 3.15. The maximum Gasteiger partial charge on any atom is 0.291 e. The minimum absolute atomic E-state index is 0.0572. The molecule has 27 heavy (non-hydrogen) atoms. The number of hydrogen-bond donors (Lipinski definition) is 1. The van der Waals surface area contributed by atoms with Gasteiger partial charge in [-0.3, -0.25) is 14.0 Å². The van der Waals surface area contributed by atoms with Crippen molar-refractivity contribution in [2.45, 2.75) is 26.9 Å². The third-order valence-electron chi connectivity index (χ3n) is 4.38. The van der Waals surface area contributed by atoms with E-state index >= 15 is 0 Å². The number of nitrogens with zero attached hydrogens (tertiary/aromatic N) is 3. The van der Waals surface area contributed by atoms with Crippen molar-refractivity contribution >= 4 is 33.0 Å². The first kappa shape index (κ1) is 17.4. The highest BCUT2D eigenvalue weighted by atomic mass is 32.1. The standard InChI is InChI=1S/C19H17FN4O2S/c1-11-7-15-17(27-11)8-16-19(26)23(22-12(2)24(15)16)10-18(25)21-9-13-5-3-4-6-14(13)20/h3-8H,9-10H2,1-2H3,(H,21,25). The van der Waals surface area contributed by atoms with E-state index in [9.17, 15) is 14.0 Å².